The Morgan fingerprint density at radius 2 is 2.00 bits per heavy atom. The fraction of sp³-hybridized carbons (Fsp3) is 0.370. The maximum absolute atomic E-state index is 6.76. The molecule has 3 heterocycles. The fourth-order valence-corrected chi connectivity index (χ4v) is 5.02. The van der Waals surface area contributed by atoms with Crippen LogP contribution < -0.4 is 23.7 Å². The maximum Gasteiger partial charge on any atom is 0.164 e. The van der Waals surface area contributed by atoms with E-state index >= 15 is 0 Å². The van der Waals surface area contributed by atoms with E-state index in [0.29, 0.717) is 30.3 Å². The van der Waals surface area contributed by atoms with E-state index in [0.717, 1.165) is 39.5 Å². The van der Waals surface area contributed by atoms with Crippen LogP contribution in [0.2, 0.25) is 0 Å². The molecule has 0 saturated heterocycles. The van der Waals surface area contributed by atoms with Gasteiger partial charge in [-0.1, -0.05) is 23.3 Å². The topological polar surface area (TPSA) is 67.7 Å². The van der Waals surface area contributed by atoms with Gasteiger partial charge in [-0.25, -0.2) is 0 Å². The lowest BCUT2D eigenvalue weighted by Crippen LogP contribution is -2.53. The average Bonchev–Trinajstić information content (AvgIpc) is 3.30. The van der Waals surface area contributed by atoms with E-state index in [1.54, 1.807) is 20.3 Å². The summed E-state index contributed by atoms with van der Waals surface area (Å²) in [6, 6.07) is 7.70. The Labute approximate surface area is 209 Å². The Kier molecular flexibility index (Phi) is 6.05. The summed E-state index contributed by atoms with van der Waals surface area (Å²) in [7, 11) is 3.21. The highest BCUT2D eigenvalue weighted by Gasteiger charge is 2.52. The van der Waals surface area contributed by atoms with Crippen LogP contribution in [0.5, 0.6) is 28.7 Å². The van der Waals surface area contributed by atoms with Crippen molar-refractivity contribution in [2.24, 2.45) is 5.16 Å². The molecule has 2 aromatic rings. The molecule has 35 heavy (non-hydrogen) atoms. The van der Waals surface area contributed by atoms with E-state index in [4.69, 9.17) is 40.1 Å². The van der Waals surface area contributed by atoms with E-state index in [-0.39, 0.29) is 18.6 Å². The summed E-state index contributed by atoms with van der Waals surface area (Å²) in [6.45, 7) is 8.63. The highest BCUT2D eigenvalue weighted by Crippen LogP contribution is 2.53. The number of benzene rings is 2. The van der Waals surface area contributed by atoms with Gasteiger partial charge in [0, 0.05) is 34.7 Å². The van der Waals surface area contributed by atoms with Gasteiger partial charge in [0.05, 0.1) is 20.1 Å². The smallest absolute Gasteiger partial charge is 0.164 e. The highest BCUT2D eigenvalue weighted by molar-refractivity contribution is 6.25. The van der Waals surface area contributed by atoms with E-state index in [1.807, 2.05) is 38.1 Å². The Hall–Kier alpha value is -3.32. The highest BCUT2D eigenvalue weighted by atomic mass is 35.5. The van der Waals surface area contributed by atoms with Gasteiger partial charge < -0.3 is 28.5 Å². The van der Waals surface area contributed by atoms with Crippen LogP contribution in [-0.4, -0.2) is 44.9 Å². The summed E-state index contributed by atoms with van der Waals surface area (Å²) in [5, 5.41) is 4.61. The average molecular weight is 498 g/mol. The quantitative estimate of drug-likeness (QED) is 0.303. The number of oxime groups is 1. The van der Waals surface area contributed by atoms with Gasteiger partial charge in [-0.3, -0.25) is 0 Å². The van der Waals surface area contributed by atoms with Crippen molar-refractivity contribution in [3.05, 3.63) is 64.7 Å². The molecule has 3 atom stereocenters. The van der Waals surface area contributed by atoms with Gasteiger partial charge in [-0.2, -0.15) is 0 Å². The minimum absolute atomic E-state index is 0.0869. The Balaban J connectivity index is 1.67. The van der Waals surface area contributed by atoms with Crippen molar-refractivity contribution in [1.82, 2.24) is 0 Å². The number of nitrogens with zero attached hydrogens (tertiary/aromatic N) is 1. The van der Waals surface area contributed by atoms with Gasteiger partial charge in [0.15, 0.2) is 17.1 Å². The number of methoxy groups -OCH3 is 2. The van der Waals surface area contributed by atoms with Crippen molar-refractivity contribution in [2.75, 3.05) is 27.4 Å². The summed E-state index contributed by atoms with van der Waals surface area (Å²) in [6.07, 6.45) is 2.28. The molecule has 0 aromatic heterocycles. The molecule has 7 nitrogen and oxygen atoms in total. The van der Waals surface area contributed by atoms with Crippen LogP contribution in [0.4, 0.5) is 0 Å². The molecule has 0 saturated carbocycles. The molecule has 0 aliphatic carbocycles. The van der Waals surface area contributed by atoms with E-state index in [9.17, 15) is 0 Å². The normalized spacial score (nSPS) is 24.9. The van der Waals surface area contributed by atoms with Crippen LogP contribution in [-0.2, 0) is 11.3 Å². The van der Waals surface area contributed by atoms with Crippen LogP contribution in [0.25, 0.3) is 0 Å². The second-order valence-corrected chi connectivity index (χ2v) is 9.34. The van der Waals surface area contributed by atoms with Gasteiger partial charge in [0.25, 0.3) is 0 Å². The second kappa shape index (κ2) is 9.04. The Morgan fingerprint density at radius 1 is 1.23 bits per heavy atom. The van der Waals surface area contributed by atoms with Crippen molar-refractivity contribution >= 4 is 17.3 Å². The lowest BCUT2D eigenvalue weighted by Gasteiger charge is -2.46. The number of rotatable bonds is 6. The lowest BCUT2D eigenvalue weighted by molar-refractivity contribution is 0.00652. The molecule has 0 spiro atoms. The van der Waals surface area contributed by atoms with Crippen LogP contribution in [0.15, 0.2) is 53.2 Å². The third kappa shape index (κ3) is 3.88. The minimum atomic E-state index is -0.749. The number of hydrogen-bond acceptors (Lipinski definition) is 7. The number of ether oxygens (including phenoxy) is 5. The Bertz CT molecular complexity index is 1240. The third-order valence-corrected chi connectivity index (χ3v) is 6.86. The van der Waals surface area contributed by atoms with Gasteiger partial charge in [0.2, 0.25) is 0 Å². The summed E-state index contributed by atoms with van der Waals surface area (Å²) in [5.74, 6) is 3.14. The minimum Gasteiger partial charge on any atom is -0.493 e. The number of hydrogen-bond donors (Lipinski definition) is 0. The zero-order chi connectivity index (χ0) is 24.7. The van der Waals surface area contributed by atoms with Crippen molar-refractivity contribution in [1.29, 1.82) is 0 Å². The van der Waals surface area contributed by atoms with Crippen molar-refractivity contribution in [2.45, 2.75) is 37.9 Å². The van der Waals surface area contributed by atoms with Crippen LogP contribution in [0.1, 0.15) is 36.5 Å². The van der Waals surface area contributed by atoms with E-state index in [2.05, 4.69) is 11.7 Å². The molecule has 0 radical (unpaired) electrons. The SMILES string of the molecule is C=C(C)[C@H]1Cc2c(ccc3c2O[C@]2(C)COc4cc(OC)c(OC)cc4[C@@H]2/C3=N/OC/C=C/Cl)O1. The molecule has 0 amide bonds. The summed E-state index contributed by atoms with van der Waals surface area (Å²) in [5.41, 5.74) is 5.11. The predicted octanol–water partition coefficient (Wildman–Crippen LogP) is 5.38. The van der Waals surface area contributed by atoms with Crippen molar-refractivity contribution in [3.8, 4) is 28.7 Å². The molecule has 3 aliphatic rings. The zero-order valence-corrected chi connectivity index (χ0v) is 21.0. The lowest BCUT2D eigenvalue weighted by atomic mass is 9.73. The molecule has 184 valence electrons. The predicted molar refractivity (Wildman–Crippen MR) is 134 cm³/mol. The summed E-state index contributed by atoms with van der Waals surface area (Å²) < 4.78 is 30.2. The van der Waals surface area contributed by atoms with E-state index in [1.165, 1.54) is 5.54 Å². The van der Waals surface area contributed by atoms with Crippen LogP contribution in [0.3, 0.4) is 0 Å². The van der Waals surface area contributed by atoms with Gasteiger partial charge in [-0.15, -0.1) is 0 Å². The zero-order valence-electron chi connectivity index (χ0n) is 20.2. The first-order valence-electron chi connectivity index (χ1n) is 11.4. The van der Waals surface area contributed by atoms with Crippen LogP contribution in [0, 0.1) is 0 Å². The number of halogens is 1. The first-order valence-corrected chi connectivity index (χ1v) is 11.8. The second-order valence-electron chi connectivity index (χ2n) is 9.09. The molecule has 2 aromatic carbocycles. The fourth-order valence-electron chi connectivity index (χ4n) is 4.95. The summed E-state index contributed by atoms with van der Waals surface area (Å²) in [4.78, 5) is 5.68. The van der Waals surface area contributed by atoms with Gasteiger partial charge >= 0.3 is 0 Å². The Morgan fingerprint density at radius 3 is 2.71 bits per heavy atom. The van der Waals surface area contributed by atoms with Crippen LogP contribution >= 0.6 is 11.6 Å². The van der Waals surface area contributed by atoms with E-state index < -0.39 is 5.60 Å². The molecule has 3 aliphatic heterocycles. The molecular weight excluding hydrogens is 470 g/mol. The molecule has 0 unspecified atom stereocenters. The first-order chi connectivity index (χ1) is 16.9. The standard InChI is InChI=1S/C27H28ClNO6/c1-15(2)20-12-18-19(34-20)8-7-16-25(29-33-10-6-9-28)24-17-11-22(30-4)23(31-5)13-21(17)32-14-27(24,3)35-26(16)18/h6-9,11,13,20,24H,1,10,12,14H2,2-5H3/b9-6+,29-25+/t20-,24-,27-/m1/s1. The monoisotopic (exact) mass is 497 g/mol. The number of fused-ring (bicyclic) bond motifs is 6. The van der Waals surface area contributed by atoms with Crippen molar-refractivity contribution in [3.63, 3.8) is 0 Å². The first kappa shape index (κ1) is 23.4. The maximum atomic E-state index is 6.76. The van der Waals surface area contributed by atoms with Gasteiger partial charge in [-0.05, 0) is 43.7 Å². The molecule has 0 bridgehead atoms. The summed E-state index contributed by atoms with van der Waals surface area (Å²) >= 11 is 5.68. The molecule has 0 fully saturated rings. The molecule has 5 rings (SSSR count). The molecule has 0 N–H and O–H groups in total. The largest absolute Gasteiger partial charge is 0.493 e. The third-order valence-electron chi connectivity index (χ3n) is 6.69. The molecule has 8 heteroatoms. The van der Waals surface area contributed by atoms with Crippen molar-refractivity contribution < 1.29 is 28.5 Å². The molecular formula is C27H28ClNO6. The van der Waals surface area contributed by atoms with Gasteiger partial charge in [0.1, 0.15) is 42.3 Å².